The lowest BCUT2D eigenvalue weighted by molar-refractivity contribution is 0.0902. The van der Waals surface area contributed by atoms with Gasteiger partial charge in [0, 0.05) is 17.3 Å². The predicted molar refractivity (Wildman–Crippen MR) is 77.1 cm³/mol. The number of hydrogen-bond acceptors (Lipinski definition) is 7. The third kappa shape index (κ3) is 2.30. The van der Waals surface area contributed by atoms with E-state index in [1.54, 1.807) is 6.07 Å². The van der Waals surface area contributed by atoms with Crippen molar-refractivity contribution in [1.82, 2.24) is 15.0 Å². The minimum absolute atomic E-state index is 0.0800. The van der Waals surface area contributed by atoms with Crippen LogP contribution in [0.4, 0.5) is 0 Å². The van der Waals surface area contributed by atoms with Crippen LogP contribution in [0.1, 0.15) is 20.8 Å². The highest BCUT2D eigenvalue weighted by atomic mass is 16.5. The maximum atomic E-state index is 12.5. The molecule has 0 atom stereocenters. The predicted octanol–water partition coefficient (Wildman–Crippen LogP) is 2.09. The maximum Gasteiger partial charge on any atom is 0.230 e. The average molecular weight is 308 g/mol. The van der Waals surface area contributed by atoms with Gasteiger partial charge in [0.1, 0.15) is 17.1 Å². The fraction of sp³-hybridized carbons (Fsp3) is 0.0714. The summed E-state index contributed by atoms with van der Waals surface area (Å²) in [5.74, 6) is -1.54. The number of Topliss-reactive ketones (excluding diaryl/α,β-unsaturated/α-hetero) is 2. The summed E-state index contributed by atoms with van der Waals surface area (Å²) in [6.45, 7) is 0. The Morgan fingerprint density at radius 1 is 1.17 bits per heavy atom. The van der Waals surface area contributed by atoms with E-state index in [2.05, 4.69) is 25.0 Å². The molecule has 112 valence electrons. The second-order valence-corrected chi connectivity index (χ2v) is 4.41. The van der Waals surface area contributed by atoms with Gasteiger partial charge in [-0.1, -0.05) is 5.11 Å². The maximum absolute atomic E-state index is 12.5. The number of carbonyl (C=O) groups excluding carboxylic acids is 2. The Balaban J connectivity index is 2.19. The zero-order chi connectivity index (χ0) is 16.4. The van der Waals surface area contributed by atoms with Gasteiger partial charge >= 0.3 is 0 Å². The molecule has 0 spiro atoms. The van der Waals surface area contributed by atoms with Gasteiger partial charge < -0.3 is 4.74 Å². The van der Waals surface area contributed by atoms with E-state index in [0.29, 0.717) is 11.4 Å². The number of ether oxygens (including phenoxy) is 1. The van der Waals surface area contributed by atoms with Crippen molar-refractivity contribution >= 4 is 11.6 Å². The third-order valence-electron chi connectivity index (χ3n) is 3.17. The van der Waals surface area contributed by atoms with Crippen LogP contribution in [0.3, 0.4) is 0 Å². The Morgan fingerprint density at radius 3 is 2.65 bits per heavy atom. The summed E-state index contributed by atoms with van der Waals surface area (Å²) < 4.78 is 4.91. The van der Waals surface area contributed by atoms with E-state index in [-0.39, 0.29) is 17.0 Å². The van der Waals surface area contributed by atoms with E-state index in [1.807, 2.05) is 0 Å². The lowest BCUT2D eigenvalue weighted by Gasteiger charge is -2.17. The molecular formula is C14H8N6O3. The quantitative estimate of drug-likeness (QED) is 0.484. The van der Waals surface area contributed by atoms with E-state index in [1.165, 1.54) is 31.8 Å². The first-order valence-corrected chi connectivity index (χ1v) is 6.37. The van der Waals surface area contributed by atoms with Crippen LogP contribution in [0.15, 0.2) is 47.3 Å². The van der Waals surface area contributed by atoms with Crippen molar-refractivity contribution in [2.24, 2.45) is 5.11 Å². The minimum Gasteiger partial charge on any atom is -0.492 e. The highest BCUT2D eigenvalue weighted by molar-refractivity contribution is 6.25. The van der Waals surface area contributed by atoms with Gasteiger partial charge in [-0.2, -0.15) is 0 Å². The molecule has 0 saturated heterocycles. The zero-order valence-corrected chi connectivity index (χ0v) is 11.8. The molecule has 0 aromatic carbocycles. The van der Waals surface area contributed by atoms with Crippen LogP contribution in [0.25, 0.3) is 21.8 Å². The molecule has 9 heteroatoms. The molecule has 0 N–H and O–H groups in total. The van der Waals surface area contributed by atoms with Crippen molar-refractivity contribution in [3.05, 3.63) is 63.9 Å². The Labute approximate surface area is 129 Å². The van der Waals surface area contributed by atoms with E-state index in [4.69, 9.17) is 10.3 Å². The van der Waals surface area contributed by atoms with Crippen molar-refractivity contribution in [2.45, 2.75) is 0 Å². The molecule has 1 aliphatic carbocycles. The summed E-state index contributed by atoms with van der Waals surface area (Å²) in [6, 6.07) is 3.01. The fourth-order valence-electron chi connectivity index (χ4n) is 2.16. The number of nitrogens with zero attached hydrogens (tertiary/aromatic N) is 6. The molecule has 2 heterocycles. The van der Waals surface area contributed by atoms with Crippen molar-refractivity contribution in [1.29, 1.82) is 0 Å². The first-order chi connectivity index (χ1) is 11.2. The minimum atomic E-state index is -0.681. The number of azide groups is 1. The molecule has 0 unspecified atom stereocenters. The highest BCUT2D eigenvalue weighted by Crippen LogP contribution is 2.28. The molecular weight excluding hydrogens is 300 g/mol. The number of pyridine rings is 1. The summed E-state index contributed by atoms with van der Waals surface area (Å²) in [5, 5.41) is 3.27. The van der Waals surface area contributed by atoms with E-state index in [0.717, 1.165) is 0 Å². The van der Waals surface area contributed by atoms with Crippen molar-refractivity contribution < 1.29 is 14.3 Å². The summed E-state index contributed by atoms with van der Waals surface area (Å²) >= 11 is 0. The Kier molecular flexibility index (Phi) is 3.54. The number of allylic oxidation sites excluding steroid dienone is 2. The molecule has 3 rings (SSSR count). The number of methoxy groups -OCH3 is 1. The standard InChI is InChI=1S/C14H8N6O3/c1-23-14-11(19-20-15)13(22)10-7(12(14)21)2-3-8(18-10)9-6-16-4-5-17-9/h2-6H,1H3. The Morgan fingerprint density at radius 2 is 2.00 bits per heavy atom. The third-order valence-corrected chi connectivity index (χ3v) is 3.17. The van der Waals surface area contributed by atoms with E-state index >= 15 is 0 Å². The molecule has 0 amide bonds. The molecule has 23 heavy (non-hydrogen) atoms. The summed E-state index contributed by atoms with van der Waals surface area (Å²) in [5.41, 5.74) is 8.97. The van der Waals surface area contributed by atoms with Crippen LogP contribution in [0, 0.1) is 0 Å². The van der Waals surface area contributed by atoms with Gasteiger partial charge in [-0.3, -0.25) is 19.6 Å². The molecule has 0 radical (unpaired) electrons. The van der Waals surface area contributed by atoms with Gasteiger partial charge in [-0.25, -0.2) is 4.98 Å². The number of fused-ring (bicyclic) bond motifs is 1. The van der Waals surface area contributed by atoms with Crippen molar-refractivity contribution in [3.63, 3.8) is 0 Å². The topological polar surface area (TPSA) is 131 Å². The van der Waals surface area contributed by atoms with Gasteiger partial charge in [-0.05, 0) is 17.7 Å². The molecule has 0 aliphatic heterocycles. The summed E-state index contributed by atoms with van der Waals surface area (Å²) in [7, 11) is 1.22. The van der Waals surface area contributed by atoms with Crippen molar-refractivity contribution in [3.8, 4) is 11.4 Å². The molecule has 1 aliphatic rings. The average Bonchev–Trinajstić information content (AvgIpc) is 2.60. The van der Waals surface area contributed by atoms with Crippen LogP contribution in [-0.2, 0) is 4.74 Å². The summed E-state index contributed by atoms with van der Waals surface area (Å²) in [4.78, 5) is 39.5. The SMILES string of the molecule is COC1=C(N=[N+]=[N-])C(=O)c2nc(-c3cnccn3)ccc2C1=O. The molecule has 0 fully saturated rings. The van der Waals surface area contributed by atoms with Gasteiger partial charge in [-0.15, -0.1) is 0 Å². The van der Waals surface area contributed by atoms with E-state index in [9.17, 15) is 9.59 Å². The highest BCUT2D eigenvalue weighted by Gasteiger charge is 2.34. The van der Waals surface area contributed by atoms with Gasteiger partial charge in [0.25, 0.3) is 0 Å². The second-order valence-electron chi connectivity index (χ2n) is 4.41. The number of ketones is 2. The van der Waals surface area contributed by atoms with Crippen LogP contribution in [-0.4, -0.2) is 33.6 Å². The number of rotatable bonds is 3. The largest absolute Gasteiger partial charge is 0.492 e. The van der Waals surface area contributed by atoms with Gasteiger partial charge in [0.2, 0.25) is 11.6 Å². The second kappa shape index (κ2) is 5.66. The van der Waals surface area contributed by atoms with Crippen LogP contribution in [0.5, 0.6) is 0 Å². The first kappa shape index (κ1) is 14.4. The zero-order valence-electron chi connectivity index (χ0n) is 11.8. The molecule has 0 bridgehead atoms. The first-order valence-electron chi connectivity index (χ1n) is 6.37. The lowest BCUT2D eigenvalue weighted by atomic mass is 9.95. The summed E-state index contributed by atoms with van der Waals surface area (Å²) in [6.07, 6.45) is 4.47. The van der Waals surface area contributed by atoms with Gasteiger partial charge in [0.15, 0.2) is 5.76 Å². The van der Waals surface area contributed by atoms with Crippen molar-refractivity contribution in [2.75, 3.05) is 7.11 Å². The van der Waals surface area contributed by atoms with Crippen LogP contribution < -0.4 is 0 Å². The number of aromatic nitrogens is 3. The van der Waals surface area contributed by atoms with Crippen LogP contribution in [0.2, 0.25) is 0 Å². The smallest absolute Gasteiger partial charge is 0.230 e. The Bertz CT molecular complexity index is 900. The number of carbonyl (C=O) groups is 2. The van der Waals surface area contributed by atoms with E-state index < -0.39 is 17.3 Å². The number of hydrogen-bond donors (Lipinski definition) is 0. The monoisotopic (exact) mass is 308 g/mol. The molecule has 2 aromatic rings. The fourth-order valence-corrected chi connectivity index (χ4v) is 2.16. The van der Waals surface area contributed by atoms with Crippen LogP contribution >= 0.6 is 0 Å². The molecule has 9 nitrogen and oxygen atoms in total. The normalized spacial score (nSPS) is 13.4. The van der Waals surface area contributed by atoms with Gasteiger partial charge in [0.05, 0.1) is 24.6 Å². The molecule has 2 aromatic heterocycles. The Hall–Kier alpha value is -3.58. The molecule has 0 saturated carbocycles. The lowest BCUT2D eigenvalue weighted by Crippen LogP contribution is -2.23.